The van der Waals surface area contributed by atoms with Gasteiger partial charge in [-0.25, -0.2) is 0 Å². The molecule has 0 unspecified atom stereocenters. The minimum absolute atomic E-state index is 0. The molecule has 0 aliphatic carbocycles. The van der Waals surface area contributed by atoms with Crippen LogP contribution in [0, 0.1) is 12.8 Å². The Kier molecular flexibility index (Phi) is 9.17. The lowest BCUT2D eigenvalue weighted by atomic mass is 9.98. The number of rotatable bonds is 5. The average Bonchev–Trinajstić information content (AvgIpc) is 3.00. The van der Waals surface area contributed by atoms with Crippen molar-refractivity contribution in [2.24, 2.45) is 5.92 Å². The van der Waals surface area contributed by atoms with Gasteiger partial charge in [-0.15, -0.1) is 0 Å². The molecule has 134 valence electrons. The van der Waals surface area contributed by atoms with Crippen LogP contribution in [0.2, 0.25) is 5.02 Å². The van der Waals surface area contributed by atoms with E-state index in [1.165, 1.54) is 12.8 Å². The Hall–Kier alpha value is -0.710. The Bertz CT molecular complexity index is 624. The lowest BCUT2D eigenvalue weighted by molar-refractivity contribution is -0.001000. The lowest BCUT2D eigenvalue weighted by Crippen LogP contribution is -3.00. The van der Waals surface area contributed by atoms with Gasteiger partial charge in [0.25, 0.3) is 0 Å². The molecule has 2 aromatic rings. The molecule has 1 saturated heterocycles. The molecule has 6 heteroatoms. The van der Waals surface area contributed by atoms with Crippen LogP contribution in [0.3, 0.4) is 0 Å². The molecular weight excluding hydrogens is 367 g/mol. The Morgan fingerprint density at radius 2 is 1.92 bits per heavy atom. The number of piperidine rings is 1. The minimum atomic E-state index is 0. The molecule has 1 aliphatic rings. The highest BCUT2D eigenvalue weighted by Crippen LogP contribution is 2.29. The molecule has 0 atom stereocenters. The van der Waals surface area contributed by atoms with Crippen LogP contribution in [0.4, 0.5) is 0 Å². The summed E-state index contributed by atoms with van der Waals surface area (Å²) in [5.74, 6) is 2.65. The second kappa shape index (κ2) is 10.3. The maximum Gasteiger partial charge on any atom is 0.134 e. The third-order valence-electron chi connectivity index (χ3n) is 4.39. The summed E-state index contributed by atoms with van der Waals surface area (Å²) in [6, 6.07) is 9.99. The molecule has 2 heterocycles. The van der Waals surface area contributed by atoms with Crippen molar-refractivity contribution >= 4 is 11.6 Å². The van der Waals surface area contributed by atoms with E-state index in [1.807, 2.05) is 37.3 Å². The van der Waals surface area contributed by atoms with Crippen LogP contribution < -0.4 is 35.4 Å². The quantitative estimate of drug-likeness (QED) is 0.621. The van der Waals surface area contributed by atoms with Crippen LogP contribution in [0.15, 0.2) is 34.7 Å². The Balaban J connectivity index is 0.00000144. The number of halogens is 3. The standard InChI is InChI=1S/C18H23ClN2O.2ClH/c1-13-16(3-2-4-17(13)19)18-6-5-15(22-18)12-21-11-14-7-9-20-10-8-14;;/h2-6,14,20-21H,7-12H2,1H3;2*1H/p-2. The monoisotopic (exact) mass is 388 g/mol. The number of nitrogens with one attached hydrogen (secondary N) is 2. The van der Waals surface area contributed by atoms with E-state index in [4.69, 9.17) is 16.0 Å². The highest BCUT2D eigenvalue weighted by Gasteiger charge is 2.13. The zero-order valence-electron chi connectivity index (χ0n) is 13.7. The first-order valence-corrected chi connectivity index (χ1v) is 8.37. The molecule has 1 fully saturated rings. The molecule has 1 aromatic heterocycles. The summed E-state index contributed by atoms with van der Waals surface area (Å²) < 4.78 is 5.96. The van der Waals surface area contributed by atoms with E-state index in [0.29, 0.717) is 0 Å². The summed E-state index contributed by atoms with van der Waals surface area (Å²) in [6.45, 7) is 6.16. The summed E-state index contributed by atoms with van der Waals surface area (Å²) >= 11 is 6.18. The maximum absolute atomic E-state index is 6.18. The Labute approximate surface area is 161 Å². The van der Waals surface area contributed by atoms with Crippen LogP contribution >= 0.6 is 11.6 Å². The second-order valence-electron chi connectivity index (χ2n) is 6.00. The highest BCUT2D eigenvalue weighted by molar-refractivity contribution is 6.31. The molecule has 0 amide bonds. The van der Waals surface area contributed by atoms with Crippen LogP contribution in [0.25, 0.3) is 11.3 Å². The van der Waals surface area contributed by atoms with Crippen LogP contribution in [0.5, 0.6) is 0 Å². The normalized spacial score (nSPS) is 14.8. The molecular formula is C18H23Cl3N2O-2. The molecule has 1 aromatic carbocycles. The zero-order valence-corrected chi connectivity index (χ0v) is 16.0. The summed E-state index contributed by atoms with van der Waals surface area (Å²) in [4.78, 5) is 0. The first-order valence-electron chi connectivity index (χ1n) is 7.99. The van der Waals surface area contributed by atoms with Crippen LogP contribution in [-0.2, 0) is 6.54 Å². The molecule has 3 rings (SSSR count). The molecule has 0 bridgehead atoms. The van der Waals surface area contributed by atoms with E-state index >= 15 is 0 Å². The van der Waals surface area contributed by atoms with Crippen molar-refractivity contribution in [2.75, 3.05) is 19.6 Å². The molecule has 0 radical (unpaired) electrons. The van der Waals surface area contributed by atoms with Gasteiger partial charge in [-0.2, -0.15) is 0 Å². The van der Waals surface area contributed by atoms with Crippen molar-refractivity contribution in [2.45, 2.75) is 26.3 Å². The van der Waals surface area contributed by atoms with E-state index in [9.17, 15) is 0 Å². The van der Waals surface area contributed by atoms with Gasteiger partial charge in [0.1, 0.15) is 11.5 Å². The van der Waals surface area contributed by atoms with Gasteiger partial charge < -0.3 is 39.9 Å². The van der Waals surface area contributed by atoms with E-state index in [1.54, 1.807) is 0 Å². The summed E-state index contributed by atoms with van der Waals surface area (Å²) in [5, 5.41) is 7.69. The van der Waals surface area contributed by atoms with E-state index in [2.05, 4.69) is 10.6 Å². The van der Waals surface area contributed by atoms with Crippen LogP contribution in [0.1, 0.15) is 24.2 Å². The van der Waals surface area contributed by atoms with E-state index < -0.39 is 0 Å². The van der Waals surface area contributed by atoms with Gasteiger partial charge in [0.05, 0.1) is 6.54 Å². The van der Waals surface area contributed by atoms with Crippen molar-refractivity contribution in [3.05, 3.63) is 46.7 Å². The van der Waals surface area contributed by atoms with Gasteiger partial charge in [-0.1, -0.05) is 23.7 Å². The number of benzene rings is 1. The third kappa shape index (κ3) is 5.40. The van der Waals surface area contributed by atoms with E-state index in [-0.39, 0.29) is 24.8 Å². The van der Waals surface area contributed by atoms with Gasteiger partial charge in [-0.05, 0) is 69.1 Å². The summed E-state index contributed by atoms with van der Waals surface area (Å²) in [7, 11) is 0. The van der Waals surface area contributed by atoms with Gasteiger partial charge in [-0.3, -0.25) is 0 Å². The van der Waals surface area contributed by atoms with E-state index in [0.717, 1.165) is 59.8 Å². The number of hydrogen-bond donors (Lipinski definition) is 2. The SMILES string of the molecule is Cc1c(Cl)cccc1-c1ccc(CNCC2CCNCC2)o1.[Cl-].[Cl-]. The largest absolute Gasteiger partial charge is 1.00 e. The lowest BCUT2D eigenvalue weighted by Gasteiger charge is -2.22. The second-order valence-corrected chi connectivity index (χ2v) is 6.41. The first kappa shape index (κ1) is 21.3. The predicted octanol–water partition coefficient (Wildman–Crippen LogP) is -1.99. The number of hydrogen-bond acceptors (Lipinski definition) is 3. The Morgan fingerprint density at radius 3 is 2.67 bits per heavy atom. The Morgan fingerprint density at radius 1 is 1.17 bits per heavy atom. The molecule has 1 aliphatic heterocycles. The fourth-order valence-electron chi connectivity index (χ4n) is 2.98. The van der Waals surface area contributed by atoms with Crippen molar-refractivity contribution in [1.82, 2.24) is 10.6 Å². The minimum Gasteiger partial charge on any atom is -1.00 e. The first-order chi connectivity index (χ1) is 10.7. The third-order valence-corrected chi connectivity index (χ3v) is 4.80. The highest BCUT2D eigenvalue weighted by atomic mass is 35.5. The fourth-order valence-corrected chi connectivity index (χ4v) is 3.15. The predicted molar refractivity (Wildman–Crippen MR) is 91.2 cm³/mol. The smallest absolute Gasteiger partial charge is 0.134 e. The zero-order chi connectivity index (χ0) is 15.4. The average molecular weight is 390 g/mol. The van der Waals surface area contributed by atoms with Gasteiger partial charge in [0.2, 0.25) is 0 Å². The summed E-state index contributed by atoms with van der Waals surface area (Å²) in [5.41, 5.74) is 2.13. The molecule has 24 heavy (non-hydrogen) atoms. The topological polar surface area (TPSA) is 37.2 Å². The summed E-state index contributed by atoms with van der Waals surface area (Å²) in [6.07, 6.45) is 2.52. The van der Waals surface area contributed by atoms with Gasteiger partial charge in [0, 0.05) is 10.6 Å². The van der Waals surface area contributed by atoms with Crippen molar-refractivity contribution in [3.8, 4) is 11.3 Å². The fraction of sp³-hybridized carbons (Fsp3) is 0.444. The van der Waals surface area contributed by atoms with Crippen LogP contribution in [-0.4, -0.2) is 19.6 Å². The maximum atomic E-state index is 6.18. The van der Waals surface area contributed by atoms with Crippen molar-refractivity contribution < 1.29 is 29.2 Å². The number of furan rings is 1. The van der Waals surface area contributed by atoms with Crippen molar-refractivity contribution in [1.29, 1.82) is 0 Å². The molecule has 0 saturated carbocycles. The molecule has 0 spiro atoms. The van der Waals surface area contributed by atoms with Crippen molar-refractivity contribution in [3.63, 3.8) is 0 Å². The molecule has 2 N–H and O–H groups in total. The van der Waals surface area contributed by atoms with Gasteiger partial charge >= 0.3 is 0 Å². The van der Waals surface area contributed by atoms with Gasteiger partial charge in [0.15, 0.2) is 0 Å². The molecule has 3 nitrogen and oxygen atoms in total.